The first-order valence-electron chi connectivity index (χ1n) is 5.97. The van der Waals surface area contributed by atoms with Gasteiger partial charge in [-0.3, -0.25) is 0 Å². The van der Waals surface area contributed by atoms with Crippen LogP contribution in [0, 0.1) is 0 Å². The quantitative estimate of drug-likeness (QED) is 0.494. The molecular formula is C8H24S3Si4Sn. The number of hydrogen-bond donors (Lipinski definition) is 0. The topological polar surface area (TPSA) is 0 Å². The number of fused-ring (bicyclic) bond motifs is 3. The maximum atomic E-state index is 2.86. The van der Waals surface area contributed by atoms with Gasteiger partial charge in [0.05, 0.1) is 0 Å². The summed E-state index contributed by atoms with van der Waals surface area (Å²) in [6, 6.07) is 0. The van der Waals surface area contributed by atoms with Gasteiger partial charge in [-0.1, -0.05) is 0 Å². The van der Waals surface area contributed by atoms with Crippen molar-refractivity contribution in [2.45, 2.75) is 50.8 Å². The van der Waals surface area contributed by atoms with Gasteiger partial charge in [-0.2, -0.15) is 0 Å². The zero-order chi connectivity index (χ0) is 12.6. The second-order valence-electron chi connectivity index (χ2n) is 6.82. The Morgan fingerprint density at radius 1 is 0.625 bits per heavy atom. The fourth-order valence-electron chi connectivity index (χ4n) is 3.93. The van der Waals surface area contributed by atoms with Gasteiger partial charge in [-0.15, -0.1) is 0 Å². The number of rotatable bonds is 0. The van der Waals surface area contributed by atoms with Crippen LogP contribution < -0.4 is 0 Å². The first kappa shape index (κ1) is 15.1. The molecule has 0 radical (unpaired) electrons. The van der Waals surface area contributed by atoms with Crippen molar-refractivity contribution in [3.05, 3.63) is 0 Å². The SMILES string of the molecule is C[Si]1(C)[S][Sn]2([CH3])[S][Si](C)(C)[Si]1(C)[Si](C)(C)[S]2. The van der Waals surface area contributed by atoms with Crippen LogP contribution in [0.1, 0.15) is 0 Å². The molecular weight excluding hydrogens is 423 g/mol. The molecule has 94 valence electrons. The molecule has 2 bridgehead atoms. The molecule has 0 aromatic rings. The van der Waals surface area contributed by atoms with Crippen LogP contribution in [-0.4, -0.2) is 41.1 Å². The van der Waals surface area contributed by atoms with E-state index in [1.54, 1.807) is 0 Å². The van der Waals surface area contributed by atoms with Crippen molar-refractivity contribution in [3.8, 4) is 0 Å². The molecule has 0 aliphatic carbocycles. The van der Waals surface area contributed by atoms with Crippen molar-refractivity contribution < 1.29 is 0 Å². The van der Waals surface area contributed by atoms with E-state index in [9.17, 15) is 0 Å². The average molecular weight is 448 g/mol. The van der Waals surface area contributed by atoms with Crippen molar-refractivity contribution >= 4 is 66.3 Å². The minimum absolute atomic E-state index is 0.907. The standard InChI is InChI=1S/C7H21S3Si4.CH3.Sn/c1-11(2,8)14(7,12(3,4)9)13(5,6)10;;/h1-7H3;1H3;/q-3;;+3. The predicted molar refractivity (Wildman–Crippen MR) is 98.5 cm³/mol. The second kappa shape index (κ2) is 3.88. The van der Waals surface area contributed by atoms with Crippen LogP contribution in [0.25, 0.3) is 0 Å². The van der Waals surface area contributed by atoms with Gasteiger partial charge in [0, 0.05) is 0 Å². The van der Waals surface area contributed by atoms with Gasteiger partial charge < -0.3 is 0 Å². The van der Waals surface area contributed by atoms with Crippen molar-refractivity contribution in [3.63, 3.8) is 0 Å². The fourth-order valence-corrected chi connectivity index (χ4v) is 473. The normalized spacial score (nSPS) is 48.0. The van der Waals surface area contributed by atoms with Crippen molar-refractivity contribution in [2.75, 3.05) is 0 Å². The minimum atomic E-state index is -1.83. The van der Waals surface area contributed by atoms with Crippen LogP contribution in [0.5, 0.6) is 0 Å². The van der Waals surface area contributed by atoms with Crippen LogP contribution in [0.2, 0.25) is 50.8 Å². The zero-order valence-electron chi connectivity index (χ0n) is 11.7. The van der Waals surface area contributed by atoms with E-state index >= 15 is 0 Å². The zero-order valence-corrected chi connectivity index (χ0v) is 21.0. The van der Waals surface area contributed by atoms with E-state index < -0.39 is 41.1 Å². The Kier molecular flexibility index (Phi) is 3.67. The molecule has 16 heavy (non-hydrogen) atoms. The van der Waals surface area contributed by atoms with E-state index in [0.29, 0.717) is 0 Å². The third kappa shape index (κ3) is 1.81. The van der Waals surface area contributed by atoms with Gasteiger partial charge in [0.2, 0.25) is 0 Å². The van der Waals surface area contributed by atoms with Gasteiger partial charge in [-0.05, 0) is 0 Å². The summed E-state index contributed by atoms with van der Waals surface area (Å²) in [6.07, 6.45) is 0. The Morgan fingerprint density at radius 3 is 1.12 bits per heavy atom. The Balaban J connectivity index is 2.64. The maximum absolute atomic E-state index is 2.86. The second-order valence-corrected chi connectivity index (χ2v) is 100. The summed E-state index contributed by atoms with van der Waals surface area (Å²) in [5.74, 6) is 0. The van der Waals surface area contributed by atoms with E-state index in [4.69, 9.17) is 0 Å². The molecule has 0 amide bonds. The molecule has 0 N–H and O–H groups in total. The van der Waals surface area contributed by atoms with E-state index in [2.05, 4.69) is 76.0 Å². The van der Waals surface area contributed by atoms with Gasteiger partial charge in [0.1, 0.15) is 0 Å². The molecule has 0 saturated carbocycles. The molecule has 3 fully saturated rings. The van der Waals surface area contributed by atoms with Crippen LogP contribution in [0.15, 0.2) is 0 Å². The van der Waals surface area contributed by atoms with Crippen molar-refractivity contribution in [1.29, 1.82) is 0 Å². The summed E-state index contributed by atoms with van der Waals surface area (Å²) < 4.78 is 0. The van der Waals surface area contributed by atoms with E-state index in [-0.39, 0.29) is 0 Å². The summed E-state index contributed by atoms with van der Waals surface area (Å²) >= 11 is -1.83. The van der Waals surface area contributed by atoms with E-state index in [1.165, 1.54) is 0 Å². The average Bonchev–Trinajstić information content (AvgIpc) is 1.92. The summed E-state index contributed by atoms with van der Waals surface area (Å²) in [5, 5.41) is 0. The van der Waals surface area contributed by atoms with Crippen molar-refractivity contribution in [2.24, 2.45) is 0 Å². The van der Waals surface area contributed by atoms with E-state index in [0.717, 1.165) is 0 Å². The Bertz CT molecular complexity index is 296. The Hall–Kier alpha value is 2.72. The molecule has 3 aliphatic heterocycles. The summed E-state index contributed by atoms with van der Waals surface area (Å²) in [4.78, 5) is 2.75. The molecule has 3 saturated heterocycles. The molecule has 3 rings (SSSR count). The molecule has 3 aliphatic rings. The Labute approximate surface area is 115 Å². The molecule has 0 spiro atoms. The van der Waals surface area contributed by atoms with Crippen LogP contribution in [0.3, 0.4) is 0 Å². The third-order valence-electron chi connectivity index (χ3n) is 4.93. The van der Waals surface area contributed by atoms with Crippen molar-refractivity contribution in [1.82, 2.24) is 0 Å². The fraction of sp³-hybridized carbons (Fsp3) is 1.00. The summed E-state index contributed by atoms with van der Waals surface area (Å²) in [6.45, 7) is 15.8. The van der Waals surface area contributed by atoms with Crippen LogP contribution in [0.4, 0.5) is 0 Å². The van der Waals surface area contributed by atoms with Gasteiger partial charge in [0.15, 0.2) is 0 Å². The molecule has 0 atom stereocenters. The Morgan fingerprint density at radius 2 is 0.875 bits per heavy atom. The molecule has 0 aromatic heterocycles. The van der Waals surface area contributed by atoms with Gasteiger partial charge >= 0.3 is 117 Å². The van der Waals surface area contributed by atoms with Crippen LogP contribution in [-0.2, 0) is 0 Å². The molecule has 0 nitrogen and oxygen atoms in total. The first-order chi connectivity index (χ1) is 6.87. The van der Waals surface area contributed by atoms with E-state index in [1.807, 2.05) is 0 Å². The predicted octanol–water partition coefficient (Wildman–Crippen LogP) is 4.71. The third-order valence-corrected chi connectivity index (χ3v) is 216. The molecule has 8 heteroatoms. The van der Waals surface area contributed by atoms with Gasteiger partial charge in [0.25, 0.3) is 0 Å². The van der Waals surface area contributed by atoms with Crippen LogP contribution >= 0.6 is 25.2 Å². The first-order valence-corrected chi connectivity index (χ1v) is 38.4. The number of hydrogen-bond acceptors (Lipinski definition) is 3. The monoisotopic (exact) mass is 448 g/mol. The molecule has 3 heterocycles. The summed E-state index contributed by atoms with van der Waals surface area (Å²) in [5.41, 5.74) is 0. The molecule has 0 unspecified atom stereocenters. The molecule has 0 aromatic carbocycles. The van der Waals surface area contributed by atoms with Gasteiger partial charge in [-0.25, -0.2) is 0 Å². The summed E-state index contributed by atoms with van der Waals surface area (Å²) in [7, 11) is 7.95.